The van der Waals surface area contributed by atoms with Gasteiger partial charge in [-0.25, -0.2) is 9.59 Å². The van der Waals surface area contributed by atoms with Gasteiger partial charge in [-0.1, -0.05) is 25.1 Å². The Morgan fingerprint density at radius 3 is 2.33 bits per heavy atom. The number of nitrogens with zero attached hydrogens (tertiary/aromatic N) is 3. The summed E-state index contributed by atoms with van der Waals surface area (Å²) in [5.41, 5.74) is 2.72. The van der Waals surface area contributed by atoms with E-state index in [1.54, 1.807) is 16.7 Å². The molecule has 1 aromatic heterocycles. The summed E-state index contributed by atoms with van der Waals surface area (Å²) in [6, 6.07) is 7.64. The highest BCUT2D eigenvalue weighted by molar-refractivity contribution is 5.99. The number of para-hydroxylation sites is 1. The van der Waals surface area contributed by atoms with Gasteiger partial charge in [-0.15, -0.1) is 0 Å². The number of carbonyl (C=O) groups is 3. The van der Waals surface area contributed by atoms with Crippen molar-refractivity contribution in [3.05, 3.63) is 41.1 Å². The van der Waals surface area contributed by atoms with Gasteiger partial charge in [0.2, 0.25) is 0 Å². The standard InChI is InChI=1S/C22H27N3O5/c1-4-17-20(15(3)16-8-6-7-9-18(16)23-17)21(27)30-14-19(26)24-10-12-25(13-11-24)22(28)29-5-2/h6-9H,4-5,10-14H2,1-3H3. The minimum absolute atomic E-state index is 0.281. The maximum Gasteiger partial charge on any atom is 0.409 e. The van der Waals surface area contributed by atoms with E-state index in [0.29, 0.717) is 50.5 Å². The Kier molecular flexibility index (Phi) is 6.87. The van der Waals surface area contributed by atoms with Crippen molar-refractivity contribution in [2.75, 3.05) is 39.4 Å². The molecule has 30 heavy (non-hydrogen) atoms. The van der Waals surface area contributed by atoms with Crippen LogP contribution in [-0.4, -0.2) is 72.1 Å². The van der Waals surface area contributed by atoms with Gasteiger partial charge in [0, 0.05) is 31.6 Å². The largest absolute Gasteiger partial charge is 0.452 e. The number of aromatic nitrogens is 1. The summed E-state index contributed by atoms with van der Waals surface area (Å²) in [5, 5.41) is 0.892. The van der Waals surface area contributed by atoms with Crippen molar-refractivity contribution >= 4 is 28.9 Å². The normalized spacial score (nSPS) is 14.0. The molecular weight excluding hydrogens is 386 g/mol. The lowest BCUT2D eigenvalue weighted by Gasteiger charge is -2.33. The first kappa shape index (κ1) is 21.5. The monoisotopic (exact) mass is 413 g/mol. The molecule has 0 spiro atoms. The van der Waals surface area contributed by atoms with Gasteiger partial charge >= 0.3 is 12.1 Å². The van der Waals surface area contributed by atoms with Gasteiger partial charge in [0.15, 0.2) is 6.61 Å². The van der Waals surface area contributed by atoms with Crippen molar-refractivity contribution in [2.45, 2.75) is 27.2 Å². The first-order valence-corrected chi connectivity index (χ1v) is 10.2. The summed E-state index contributed by atoms with van der Waals surface area (Å²) in [4.78, 5) is 44.8. The van der Waals surface area contributed by atoms with Gasteiger partial charge < -0.3 is 19.3 Å². The Morgan fingerprint density at radius 2 is 1.67 bits per heavy atom. The molecular formula is C22H27N3O5. The van der Waals surface area contributed by atoms with Crippen molar-refractivity contribution in [3.63, 3.8) is 0 Å². The van der Waals surface area contributed by atoms with E-state index in [1.165, 1.54) is 0 Å². The van der Waals surface area contributed by atoms with Gasteiger partial charge in [0.25, 0.3) is 5.91 Å². The van der Waals surface area contributed by atoms with Crippen LogP contribution in [-0.2, 0) is 20.7 Å². The Morgan fingerprint density at radius 1 is 1.00 bits per heavy atom. The smallest absolute Gasteiger partial charge is 0.409 e. The zero-order valence-electron chi connectivity index (χ0n) is 17.6. The lowest BCUT2D eigenvalue weighted by molar-refractivity contribution is -0.136. The first-order valence-electron chi connectivity index (χ1n) is 10.2. The number of aryl methyl sites for hydroxylation is 2. The predicted octanol–water partition coefficient (Wildman–Crippen LogP) is 2.56. The van der Waals surface area contributed by atoms with Crippen molar-refractivity contribution < 1.29 is 23.9 Å². The number of piperazine rings is 1. The van der Waals surface area contributed by atoms with Crippen LogP contribution >= 0.6 is 0 Å². The van der Waals surface area contributed by atoms with Crippen LogP contribution in [0, 0.1) is 6.92 Å². The minimum atomic E-state index is -0.541. The highest BCUT2D eigenvalue weighted by Gasteiger charge is 2.26. The maximum atomic E-state index is 12.8. The Hall–Kier alpha value is -3.16. The Bertz CT molecular complexity index is 951. The van der Waals surface area contributed by atoms with Gasteiger partial charge in [0.1, 0.15) is 0 Å². The number of hydrogen-bond donors (Lipinski definition) is 0. The zero-order valence-corrected chi connectivity index (χ0v) is 17.6. The number of rotatable bonds is 5. The Labute approximate surface area is 175 Å². The average Bonchev–Trinajstić information content (AvgIpc) is 2.77. The molecule has 3 rings (SSSR count). The van der Waals surface area contributed by atoms with E-state index in [-0.39, 0.29) is 18.6 Å². The summed E-state index contributed by atoms with van der Waals surface area (Å²) >= 11 is 0. The molecule has 0 radical (unpaired) electrons. The van der Waals surface area contributed by atoms with E-state index in [0.717, 1.165) is 16.5 Å². The highest BCUT2D eigenvalue weighted by Crippen LogP contribution is 2.24. The fourth-order valence-electron chi connectivity index (χ4n) is 3.61. The fourth-order valence-corrected chi connectivity index (χ4v) is 3.61. The molecule has 8 nitrogen and oxygen atoms in total. The number of hydrogen-bond acceptors (Lipinski definition) is 6. The van der Waals surface area contributed by atoms with Gasteiger partial charge in [-0.3, -0.25) is 9.78 Å². The maximum absolute atomic E-state index is 12.8. The fraction of sp³-hybridized carbons (Fsp3) is 0.455. The molecule has 0 saturated carbocycles. The summed E-state index contributed by atoms with van der Waals surface area (Å²) < 4.78 is 10.3. The van der Waals surface area contributed by atoms with Crippen LogP contribution in [0.4, 0.5) is 4.79 Å². The quantitative estimate of drug-likeness (QED) is 0.700. The molecule has 160 valence electrons. The molecule has 1 saturated heterocycles. The van der Waals surface area contributed by atoms with Crippen LogP contribution in [0.25, 0.3) is 10.9 Å². The number of amides is 2. The third kappa shape index (κ3) is 4.53. The van der Waals surface area contributed by atoms with E-state index in [9.17, 15) is 14.4 Å². The van der Waals surface area contributed by atoms with Crippen molar-refractivity contribution in [1.29, 1.82) is 0 Å². The van der Waals surface area contributed by atoms with Crippen molar-refractivity contribution in [1.82, 2.24) is 14.8 Å². The molecule has 0 N–H and O–H groups in total. The molecule has 2 amide bonds. The van der Waals surface area contributed by atoms with Crippen LogP contribution in [0.2, 0.25) is 0 Å². The number of ether oxygens (including phenoxy) is 2. The lowest BCUT2D eigenvalue weighted by Crippen LogP contribution is -2.51. The highest BCUT2D eigenvalue weighted by atomic mass is 16.6. The molecule has 1 aromatic carbocycles. The second-order valence-corrected chi connectivity index (χ2v) is 7.07. The van der Waals surface area contributed by atoms with Gasteiger partial charge in [0.05, 0.1) is 23.4 Å². The topological polar surface area (TPSA) is 89.0 Å². The van der Waals surface area contributed by atoms with Crippen LogP contribution in [0.1, 0.15) is 35.5 Å². The average molecular weight is 413 g/mol. The molecule has 0 atom stereocenters. The van der Waals surface area contributed by atoms with E-state index in [4.69, 9.17) is 9.47 Å². The number of fused-ring (bicyclic) bond motifs is 1. The number of carbonyl (C=O) groups excluding carboxylic acids is 3. The summed E-state index contributed by atoms with van der Waals surface area (Å²) in [6.07, 6.45) is 0.210. The van der Waals surface area contributed by atoms with Crippen LogP contribution in [0.5, 0.6) is 0 Å². The zero-order chi connectivity index (χ0) is 21.7. The minimum Gasteiger partial charge on any atom is -0.452 e. The predicted molar refractivity (Wildman–Crippen MR) is 111 cm³/mol. The Balaban J connectivity index is 1.63. The van der Waals surface area contributed by atoms with E-state index >= 15 is 0 Å². The van der Waals surface area contributed by atoms with Crippen LogP contribution in [0.3, 0.4) is 0 Å². The number of esters is 1. The van der Waals surface area contributed by atoms with Crippen molar-refractivity contribution in [3.8, 4) is 0 Å². The van der Waals surface area contributed by atoms with Gasteiger partial charge in [-0.2, -0.15) is 0 Å². The summed E-state index contributed by atoms with van der Waals surface area (Å²) in [6.45, 7) is 7.08. The van der Waals surface area contributed by atoms with Crippen LogP contribution in [0.15, 0.2) is 24.3 Å². The van der Waals surface area contributed by atoms with Gasteiger partial charge in [-0.05, 0) is 31.9 Å². The molecule has 0 bridgehead atoms. The second-order valence-electron chi connectivity index (χ2n) is 7.07. The SMILES string of the molecule is CCOC(=O)N1CCN(C(=O)COC(=O)c2c(CC)nc3ccccc3c2C)CC1. The third-order valence-corrected chi connectivity index (χ3v) is 5.25. The molecule has 1 aliphatic rings. The molecule has 8 heteroatoms. The summed E-state index contributed by atoms with van der Waals surface area (Å²) in [7, 11) is 0. The molecule has 1 aliphatic heterocycles. The molecule has 0 aliphatic carbocycles. The van der Waals surface area contributed by atoms with Crippen LogP contribution < -0.4 is 0 Å². The number of pyridine rings is 1. The first-order chi connectivity index (χ1) is 14.5. The lowest BCUT2D eigenvalue weighted by atomic mass is 10.0. The van der Waals surface area contributed by atoms with E-state index in [2.05, 4.69) is 4.98 Å². The second kappa shape index (κ2) is 9.56. The van der Waals surface area contributed by atoms with Crippen molar-refractivity contribution in [2.24, 2.45) is 0 Å². The molecule has 2 heterocycles. The third-order valence-electron chi connectivity index (χ3n) is 5.25. The molecule has 2 aromatic rings. The van der Waals surface area contributed by atoms with E-state index in [1.807, 2.05) is 38.1 Å². The summed E-state index contributed by atoms with van der Waals surface area (Å²) in [5.74, 6) is -0.822. The molecule has 0 unspecified atom stereocenters. The number of benzene rings is 1. The van der Waals surface area contributed by atoms with E-state index < -0.39 is 5.97 Å². The molecule has 1 fully saturated rings.